The van der Waals surface area contributed by atoms with Crippen LogP contribution in [0, 0.1) is 0 Å². The average Bonchev–Trinajstić information content (AvgIpc) is 3.04. The minimum Gasteiger partial charge on any atom is -0.497 e. The van der Waals surface area contributed by atoms with Crippen LogP contribution in [0.15, 0.2) is 114 Å². The van der Waals surface area contributed by atoms with Gasteiger partial charge in [0.15, 0.2) is 9.84 Å². The zero-order valence-corrected chi connectivity index (χ0v) is 26.4. The van der Waals surface area contributed by atoms with Gasteiger partial charge in [0.2, 0.25) is 0 Å². The molecule has 0 saturated heterocycles. The molecule has 0 bridgehead atoms. The molecule has 8 heteroatoms. The molecule has 1 N–H and O–H groups in total. The molecule has 3 atom stereocenters. The SMILES string of the molecule is COc1ccc(COCCCC/C=C/C(OC(=O)c2ccccc2)C(CCC/C=C/C(C)O)S(=O)(=O)c2ccccc2)cc1. The fourth-order valence-corrected chi connectivity index (χ4v) is 6.49. The third-order valence-corrected chi connectivity index (χ3v) is 9.26. The van der Waals surface area contributed by atoms with E-state index in [-0.39, 0.29) is 11.3 Å². The number of carbonyl (C=O) groups is 1. The number of esters is 1. The zero-order valence-electron chi connectivity index (χ0n) is 25.6. The second-order valence-corrected chi connectivity index (χ2v) is 12.7. The van der Waals surface area contributed by atoms with Crippen molar-refractivity contribution in [3.8, 4) is 5.75 Å². The van der Waals surface area contributed by atoms with Crippen molar-refractivity contribution in [2.24, 2.45) is 0 Å². The molecule has 0 saturated carbocycles. The Hall–Kier alpha value is -3.72. The highest BCUT2D eigenvalue weighted by molar-refractivity contribution is 7.92. The molecule has 0 spiro atoms. The second-order valence-electron chi connectivity index (χ2n) is 10.6. The van der Waals surface area contributed by atoms with E-state index < -0.39 is 33.3 Å². The Balaban J connectivity index is 1.69. The molecule has 44 heavy (non-hydrogen) atoms. The van der Waals surface area contributed by atoms with E-state index in [9.17, 15) is 18.3 Å². The number of sulfone groups is 1. The molecule has 3 aromatic rings. The van der Waals surface area contributed by atoms with Crippen LogP contribution in [0.4, 0.5) is 0 Å². The molecule has 7 nitrogen and oxygen atoms in total. The molecule has 236 valence electrons. The number of aliphatic hydroxyl groups is 1. The Morgan fingerprint density at radius 1 is 0.841 bits per heavy atom. The first-order chi connectivity index (χ1) is 21.3. The summed E-state index contributed by atoms with van der Waals surface area (Å²) in [5, 5.41) is 8.55. The molecule has 0 radical (unpaired) electrons. The lowest BCUT2D eigenvalue weighted by Crippen LogP contribution is -2.36. The topological polar surface area (TPSA) is 99.1 Å². The average molecular weight is 621 g/mol. The molecular weight excluding hydrogens is 576 g/mol. The molecule has 0 fully saturated rings. The molecule has 0 aliphatic rings. The quantitative estimate of drug-likeness (QED) is 0.0866. The van der Waals surface area contributed by atoms with Gasteiger partial charge in [-0.2, -0.15) is 0 Å². The van der Waals surface area contributed by atoms with Gasteiger partial charge in [-0.15, -0.1) is 0 Å². The van der Waals surface area contributed by atoms with E-state index in [0.29, 0.717) is 38.0 Å². The van der Waals surface area contributed by atoms with E-state index in [2.05, 4.69) is 0 Å². The van der Waals surface area contributed by atoms with E-state index in [1.807, 2.05) is 36.4 Å². The van der Waals surface area contributed by atoms with Gasteiger partial charge >= 0.3 is 5.97 Å². The Morgan fingerprint density at radius 3 is 2.14 bits per heavy atom. The van der Waals surface area contributed by atoms with Gasteiger partial charge in [-0.3, -0.25) is 0 Å². The second kappa shape index (κ2) is 18.8. The number of ether oxygens (including phenoxy) is 3. The van der Waals surface area contributed by atoms with Gasteiger partial charge in [0.05, 0.1) is 30.3 Å². The summed E-state index contributed by atoms with van der Waals surface area (Å²) in [5.74, 6) is 0.231. The number of aliphatic hydroxyl groups excluding tert-OH is 1. The van der Waals surface area contributed by atoms with Crippen LogP contribution in [-0.4, -0.2) is 50.7 Å². The Labute approximate surface area is 262 Å². The molecule has 0 aromatic heterocycles. The summed E-state index contributed by atoms with van der Waals surface area (Å²) in [4.78, 5) is 13.3. The van der Waals surface area contributed by atoms with Gasteiger partial charge in [0, 0.05) is 6.61 Å². The van der Waals surface area contributed by atoms with Crippen LogP contribution >= 0.6 is 0 Å². The lowest BCUT2D eigenvalue weighted by atomic mass is 10.1. The first kappa shape index (κ1) is 34.8. The first-order valence-electron chi connectivity index (χ1n) is 15.1. The van der Waals surface area contributed by atoms with E-state index in [1.165, 1.54) is 0 Å². The third kappa shape index (κ3) is 11.8. The predicted octanol–water partition coefficient (Wildman–Crippen LogP) is 7.11. The number of benzene rings is 3. The van der Waals surface area contributed by atoms with Crippen molar-refractivity contribution in [3.63, 3.8) is 0 Å². The number of carbonyl (C=O) groups excluding carboxylic acids is 1. The van der Waals surface area contributed by atoms with Gasteiger partial charge in [-0.1, -0.05) is 66.8 Å². The van der Waals surface area contributed by atoms with Gasteiger partial charge in [-0.25, -0.2) is 13.2 Å². The van der Waals surface area contributed by atoms with Gasteiger partial charge in [0.25, 0.3) is 0 Å². The van der Waals surface area contributed by atoms with Gasteiger partial charge in [-0.05, 0) is 93.5 Å². The van der Waals surface area contributed by atoms with Crippen molar-refractivity contribution in [1.82, 2.24) is 0 Å². The van der Waals surface area contributed by atoms with Crippen molar-refractivity contribution in [1.29, 1.82) is 0 Å². The van der Waals surface area contributed by atoms with Crippen molar-refractivity contribution in [3.05, 3.63) is 120 Å². The molecule has 3 rings (SSSR count). The van der Waals surface area contributed by atoms with Crippen molar-refractivity contribution >= 4 is 15.8 Å². The van der Waals surface area contributed by atoms with Crippen LogP contribution in [-0.2, 0) is 25.9 Å². The molecule has 3 unspecified atom stereocenters. The van der Waals surface area contributed by atoms with E-state index in [0.717, 1.165) is 24.2 Å². The summed E-state index contributed by atoms with van der Waals surface area (Å²) in [6.45, 7) is 2.77. The Bertz CT molecular complexity index is 1400. The zero-order chi connectivity index (χ0) is 31.6. The minimum atomic E-state index is -3.85. The summed E-state index contributed by atoms with van der Waals surface area (Å²) in [7, 11) is -2.21. The number of methoxy groups -OCH3 is 1. The molecular formula is C36H44O7S. The van der Waals surface area contributed by atoms with E-state index >= 15 is 0 Å². The van der Waals surface area contributed by atoms with Crippen molar-refractivity contribution in [2.75, 3.05) is 13.7 Å². The highest BCUT2D eigenvalue weighted by Gasteiger charge is 2.35. The van der Waals surface area contributed by atoms with Crippen LogP contribution in [0.5, 0.6) is 5.75 Å². The number of rotatable bonds is 19. The van der Waals surface area contributed by atoms with Crippen LogP contribution in [0.25, 0.3) is 0 Å². The fourth-order valence-electron chi connectivity index (χ4n) is 4.62. The van der Waals surface area contributed by atoms with E-state index in [1.54, 1.807) is 86.8 Å². The summed E-state index contributed by atoms with van der Waals surface area (Å²) < 4.78 is 44.7. The molecule has 3 aromatic carbocycles. The van der Waals surface area contributed by atoms with E-state index in [4.69, 9.17) is 14.2 Å². The normalized spacial score (nSPS) is 14.0. The van der Waals surface area contributed by atoms with Crippen molar-refractivity contribution in [2.45, 2.75) is 74.4 Å². The number of hydrogen-bond donors (Lipinski definition) is 1. The maximum atomic E-state index is 13.9. The van der Waals surface area contributed by atoms with Gasteiger partial charge < -0.3 is 19.3 Å². The summed E-state index contributed by atoms with van der Waals surface area (Å²) in [6.07, 6.45) is 9.32. The maximum Gasteiger partial charge on any atom is 0.338 e. The Morgan fingerprint density at radius 2 is 1.48 bits per heavy atom. The van der Waals surface area contributed by atoms with Crippen LogP contribution in [0.2, 0.25) is 0 Å². The molecule has 0 heterocycles. The summed E-state index contributed by atoms with van der Waals surface area (Å²) in [6, 6.07) is 24.6. The number of allylic oxidation sites excluding steroid dienone is 2. The number of hydrogen-bond acceptors (Lipinski definition) is 7. The van der Waals surface area contributed by atoms with Crippen molar-refractivity contribution < 1.29 is 32.5 Å². The largest absolute Gasteiger partial charge is 0.497 e. The lowest BCUT2D eigenvalue weighted by molar-refractivity contribution is 0.0382. The predicted molar refractivity (Wildman–Crippen MR) is 173 cm³/mol. The molecule has 0 amide bonds. The third-order valence-electron chi connectivity index (χ3n) is 7.03. The standard InChI is InChI=1S/C36H44O7S/c1-29(37)16-8-5-14-22-35(44(39,40)33-19-11-7-12-20-33)34(43-36(38)31-17-9-6-10-18-31)21-13-3-4-15-27-42-28-30-23-25-32(41-2)26-24-30/h6-13,16-21,23-26,29,34-35,37H,3-5,14-15,22,27-28H2,1-2H3/b16-8+,21-13+. The molecule has 0 aliphatic carbocycles. The summed E-state index contributed by atoms with van der Waals surface area (Å²) >= 11 is 0. The fraction of sp³-hybridized carbons (Fsp3) is 0.361. The van der Waals surface area contributed by atoms with Gasteiger partial charge in [0.1, 0.15) is 17.1 Å². The molecule has 0 aliphatic heterocycles. The minimum absolute atomic E-state index is 0.188. The highest BCUT2D eigenvalue weighted by Crippen LogP contribution is 2.26. The maximum absolute atomic E-state index is 13.9. The van der Waals surface area contributed by atoms with Crippen LogP contribution in [0.1, 0.15) is 61.4 Å². The van der Waals surface area contributed by atoms with Crippen LogP contribution in [0.3, 0.4) is 0 Å². The highest BCUT2D eigenvalue weighted by atomic mass is 32.2. The first-order valence-corrected chi connectivity index (χ1v) is 16.6. The van der Waals surface area contributed by atoms with Crippen LogP contribution < -0.4 is 4.74 Å². The number of unbranched alkanes of at least 4 members (excludes halogenated alkanes) is 3. The smallest absolute Gasteiger partial charge is 0.338 e. The monoisotopic (exact) mass is 620 g/mol. The summed E-state index contributed by atoms with van der Waals surface area (Å²) in [5.41, 5.74) is 1.43. The lowest BCUT2D eigenvalue weighted by Gasteiger charge is -2.25. The Kier molecular flexibility index (Phi) is 14.9.